The molecule has 4 aromatic carbocycles. The zero-order chi connectivity index (χ0) is 65.8. The molecule has 0 spiro atoms. The molecule has 2 saturated heterocycles. The van der Waals surface area contributed by atoms with Crippen molar-refractivity contribution in [3.63, 3.8) is 0 Å². The molecule has 2 aromatic heterocycles. The Hall–Kier alpha value is -8.04. The number of ketones is 2. The summed E-state index contributed by atoms with van der Waals surface area (Å²) >= 11 is 0. The molecule has 92 heavy (non-hydrogen) atoms. The van der Waals surface area contributed by atoms with Gasteiger partial charge in [-0.05, 0) is 193 Å². The molecule has 4 heterocycles. The van der Waals surface area contributed by atoms with Crippen LogP contribution in [-0.2, 0) is 41.6 Å². The van der Waals surface area contributed by atoms with E-state index in [0.29, 0.717) is 165 Å². The van der Waals surface area contributed by atoms with Gasteiger partial charge in [0.1, 0.15) is 18.1 Å². The third-order valence-corrected chi connectivity index (χ3v) is 18.5. The Morgan fingerprint density at radius 2 is 1.05 bits per heavy atom. The number of amides is 6. The van der Waals surface area contributed by atoms with Crippen molar-refractivity contribution in [3.8, 4) is 0 Å². The van der Waals surface area contributed by atoms with Gasteiger partial charge in [0.15, 0.2) is 11.6 Å². The molecular weight excluding hydrogens is 1160 g/mol. The molecule has 0 aliphatic carbocycles. The summed E-state index contributed by atoms with van der Waals surface area (Å²) < 4.78 is 0. The Bertz CT molecular complexity index is 3400. The smallest absolute Gasteiger partial charge is 0.256 e. The second-order valence-electron chi connectivity index (χ2n) is 24.8. The Labute approximate surface area is 541 Å². The second kappa shape index (κ2) is 34.0. The minimum atomic E-state index is -1.26. The van der Waals surface area contributed by atoms with E-state index in [4.69, 9.17) is 32.9 Å². The molecule has 8 rings (SSSR count). The van der Waals surface area contributed by atoms with Crippen LogP contribution in [0.3, 0.4) is 0 Å². The minimum absolute atomic E-state index is 0.00872. The quantitative estimate of drug-likeness (QED) is 0.0129. The molecule has 20 nitrogen and oxygen atoms in total. The molecule has 0 saturated carbocycles. The number of likely N-dealkylation sites (N-methyl/N-ethyl adjacent to an activating group) is 2. The number of hydrogen-bond donors (Lipinski definition) is 6. The average Bonchev–Trinajstić information content (AvgIpc) is 0.849. The van der Waals surface area contributed by atoms with Crippen molar-refractivity contribution in [2.24, 2.45) is 28.9 Å². The zero-order valence-corrected chi connectivity index (χ0v) is 54.3. The summed E-state index contributed by atoms with van der Waals surface area (Å²) in [6.45, 7) is 6.36. The van der Waals surface area contributed by atoms with Crippen molar-refractivity contribution in [2.75, 3.05) is 59.9 Å². The lowest BCUT2D eigenvalue weighted by molar-refractivity contribution is -0.143. The molecule has 492 valence electrons. The number of aromatic nitrogens is 2. The largest absolute Gasteiger partial charge is 0.354 e. The normalized spacial score (nSPS) is 16.3. The van der Waals surface area contributed by atoms with Crippen LogP contribution in [0.4, 0.5) is 0 Å². The molecule has 10 N–H and O–H groups in total. The number of carbonyl (C=O) groups excluding carboxylic acids is 8. The number of unbranched alkanes of at least 4 members (excludes halogenated alkanes) is 3. The van der Waals surface area contributed by atoms with Crippen LogP contribution in [0.15, 0.2) is 97.1 Å². The predicted molar refractivity (Wildman–Crippen MR) is 362 cm³/mol. The van der Waals surface area contributed by atoms with Crippen molar-refractivity contribution in [2.45, 2.75) is 166 Å². The number of benzene rings is 4. The molecule has 0 bridgehead atoms. The Kier molecular flexibility index (Phi) is 25.8. The van der Waals surface area contributed by atoms with E-state index in [2.05, 4.69) is 10.6 Å². The first-order valence-electron chi connectivity index (χ1n) is 33.4. The molecular formula is C72H96N12O8. The van der Waals surface area contributed by atoms with Gasteiger partial charge in [-0.3, -0.25) is 48.3 Å². The Balaban J connectivity index is 1.09. The van der Waals surface area contributed by atoms with Crippen molar-refractivity contribution < 1.29 is 38.4 Å². The van der Waals surface area contributed by atoms with Gasteiger partial charge in [-0.2, -0.15) is 0 Å². The highest BCUT2D eigenvalue weighted by Crippen LogP contribution is 2.32. The van der Waals surface area contributed by atoms with E-state index in [1.807, 2.05) is 98.8 Å². The molecule has 2 aliphatic heterocycles. The van der Waals surface area contributed by atoms with Crippen LogP contribution in [0.25, 0.3) is 43.4 Å². The van der Waals surface area contributed by atoms with E-state index in [1.165, 1.54) is 16.8 Å². The third kappa shape index (κ3) is 17.2. The van der Waals surface area contributed by atoms with E-state index >= 15 is 14.4 Å². The fraction of sp³-hybridized carbons (Fsp3) is 0.500. The number of fused-ring (bicyclic) bond motifs is 4. The SMILES string of the molecule is CCc1nc2cc3ccccc3cc2cc1C(=O)N1CCCC1C(=O)C[C@@H](CC=CCC(NC(=O)C1CCCN1C(=O)c1cc2cc3ccccc3cc2nc1CC)C(=O)N(C)[C@@H](CCCCN)C(=O)NCCCN)C(=O)N(C)[C@@H](CCCCN)C(=O)CCCCN. The summed E-state index contributed by atoms with van der Waals surface area (Å²) in [5.41, 5.74) is 26.9. The van der Waals surface area contributed by atoms with Gasteiger partial charge in [0, 0.05) is 63.3 Å². The van der Waals surface area contributed by atoms with Crippen LogP contribution in [0.2, 0.25) is 0 Å². The average molecular weight is 1260 g/mol. The van der Waals surface area contributed by atoms with E-state index in [1.54, 1.807) is 29.0 Å². The van der Waals surface area contributed by atoms with Crippen LogP contribution in [0.5, 0.6) is 0 Å². The monoisotopic (exact) mass is 1260 g/mol. The minimum Gasteiger partial charge on any atom is -0.354 e. The highest BCUT2D eigenvalue weighted by atomic mass is 16.2. The zero-order valence-electron chi connectivity index (χ0n) is 54.3. The Morgan fingerprint density at radius 3 is 1.59 bits per heavy atom. The third-order valence-electron chi connectivity index (χ3n) is 18.5. The molecule has 6 aromatic rings. The van der Waals surface area contributed by atoms with Crippen LogP contribution in [0.1, 0.15) is 155 Å². The van der Waals surface area contributed by atoms with Gasteiger partial charge in [0.2, 0.25) is 23.6 Å². The van der Waals surface area contributed by atoms with Gasteiger partial charge in [0.05, 0.1) is 45.6 Å². The number of rotatable bonds is 34. The lowest BCUT2D eigenvalue weighted by Crippen LogP contribution is -2.56. The first-order valence-corrected chi connectivity index (χ1v) is 33.4. The highest BCUT2D eigenvalue weighted by molar-refractivity contribution is 6.06. The van der Waals surface area contributed by atoms with E-state index < -0.39 is 53.8 Å². The van der Waals surface area contributed by atoms with Crippen molar-refractivity contribution in [1.82, 2.24) is 40.2 Å². The van der Waals surface area contributed by atoms with Crippen LogP contribution < -0.4 is 33.6 Å². The van der Waals surface area contributed by atoms with Gasteiger partial charge >= 0.3 is 0 Å². The van der Waals surface area contributed by atoms with Crippen molar-refractivity contribution >= 4 is 90.4 Å². The molecule has 2 fully saturated rings. The van der Waals surface area contributed by atoms with Gasteiger partial charge in [-0.15, -0.1) is 0 Å². The first kappa shape index (κ1) is 69.8. The molecule has 20 heteroatoms. The van der Waals surface area contributed by atoms with E-state index in [-0.39, 0.29) is 55.0 Å². The fourth-order valence-corrected chi connectivity index (χ4v) is 13.2. The standard InChI is InChI=1S/C72H96N12O8/c1-5-56-54(42-52-40-47-22-7-9-24-49(47)44-59(52)78-56)70(90)83-38-19-30-62(83)66(86)46-51(69(89)81(3)61(28-13-16-33-73)65(85)32-15-18-35-75)26-11-12-27-58(72(92)82(4)63(29-14-17-34-74)67(87)77-37-21-36-76)80-68(88)64-31-20-39-84(64)71(91)55-43-53-41-48-23-8-10-25-50(48)45-60(53)79-57(55)6-2/h7-12,22-25,40-45,51,58,61-64H,5-6,13-21,26-39,46,73-76H2,1-4H3,(H,77,87)(H,80,88)/t51-,58?,61+,62?,63+,64?/m1/s1. The fourth-order valence-electron chi connectivity index (χ4n) is 13.2. The number of hydrogen-bond acceptors (Lipinski definition) is 14. The van der Waals surface area contributed by atoms with Crippen molar-refractivity contribution in [3.05, 3.63) is 120 Å². The maximum absolute atomic E-state index is 15.2. The number of nitrogens with zero attached hydrogens (tertiary/aromatic N) is 6. The number of pyridine rings is 2. The summed E-state index contributed by atoms with van der Waals surface area (Å²) in [4.78, 5) is 134. The summed E-state index contributed by atoms with van der Waals surface area (Å²) in [6.07, 6.45) is 10.8. The van der Waals surface area contributed by atoms with Crippen LogP contribution in [0, 0.1) is 5.92 Å². The lowest BCUT2D eigenvalue weighted by atomic mass is 9.91. The first-order chi connectivity index (χ1) is 44.5. The number of nitrogens with two attached hydrogens (primary N) is 4. The number of Topliss-reactive ketones (excluding diaryl/α,β-unsaturated/α-hetero) is 2. The number of allylic oxidation sites excluding steroid dienone is 1. The summed E-state index contributed by atoms with van der Waals surface area (Å²) in [5.74, 6) is -4.01. The van der Waals surface area contributed by atoms with Gasteiger partial charge in [-0.1, -0.05) is 74.5 Å². The topological polar surface area (TPSA) is 303 Å². The van der Waals surface area contributed by atoms with Crippen LogP contribution >= 0.6 is 0 Å². The summed E-state index contributed by atoms with van der Waals surface area (Å²) in [6, 6.07) is 22.9. The lowest BCUT2D eigenvalue weighted by Gasteiger charge is -2.32. The van der Waals surface area contributed by atoms with Crippen molar-refractivity contribution in [1.29, 1.82) is 0 Å². The molecule has 3 unspecified atom stereocenters. The number of aryl methyl sites for hydroxylation is 2. The number of nitrogens with one attached hydrogen (secondary N) is 2. The van der Waals surface area contributed by atoms with Gasteiger partial charge < -0.3 is 53.2 Å². The maximum Gasteiger partial charge on any atom is 0.256 e. The summed E-state index contributed by atoms with van der Waals surface area (Å²) in [7, 11) is 3.13. The maximum atomic E-state index is 15.2. The molecule has 6 amide bonds. The van der Waals surface area contributed by atoms with Crippen LogP contribution in [-0.4, -0.2) is 167 Å². The second-order valence-corrected chi connectivity index (χ2v) is 24.8. The molecule has 6 atom stereocenters. The van der Waals surface area contributed by atoms with E-state index in [9.17, 15) is 24.0 Å². The van der Waals surface area contributed by atoms with E-state index in [0.717, 1.165) is 43.4 Å². The predicted octanol–water partition coefficient (Wildman–Crippen LogP) is 7.60. The highest BCUT2D eigenvalue weighted by Gasteiger charge is 2.41. The van der Waals surface area contributed by atoms with Gasteiger partial charge in [-0.25, -0.2) is 0 Å². The molecule has 0 radical (unpaired) electrons. The number of carbonyl (C=O) groups is 8. The number of likely N-dealkylation sites (tertiary alicyclic amines) is 2. The van der Waals surface area contributed by atoms with Gasteiger partial charge in [0.25, 0.3) is 11.8 Å². The Morgan fingerprint density at radius 1 is 0.576 bits per heavy atom. The molecule has 2 aliphatic rings. The summed E-state index contributed by atoms with van der Waals surface area (Å²) in [5, 5.41) is 11.6.